The van der Waals surface area contributed by atoms with E-state index in [1.54, 1.807) is 0 Å². The van der Waals surface area contributed by atoms with E-state index in [1.165, 1.54) is 0 Å². The molecule has 0 radical (unpaired) electrons. The Bertz CT molecular complexity index is 350. The van der Waals surface area contributed by atoms with E-state index >= 15 is 0 Å². The third-order valence-corrected chi connectivity index (χ3v) is 3.03. The predicted octanol–water partition coefficient (Wildman–Crippen LogP) is 2.42. The number of hydrogen-bond donors (Lipinski definition) is 2. The summed E-state index contributed by atoms with van der Waals surface area (Å²) >= 11 is 2.22. The lowest BCUT2D eigenvalue weighted by Gasteiger charge is -2.23. The van der Waals surface area contributed by atoms with Crippen molar-refractivity contribution in [1.29, 1.82) is 0 Å². The van der Waals surface area contributed by atoms with Crippen molar-refractivity contribution in [3.63, 3.8) is 0 Å². The Balaban J connectivity index is 2.34. The lowest BCUT2D eigenvalue weighted by molar-refractivity contribution is 0.0996. The minimum atomic E-state index is -0.495. The maximum atomic E-state index is 9.77. The summed E-state index contributed by atoms with van der Waals surface area (Å²) in [7, 11) is 0. The molecule has 0 fully saturated rings. The van der Waals surface area contributed by atoms with E-state index < -0.39 is 6.10 Å². The standard InChI is InChI=1S/C13H20INO2/c1-13(2,3)15-8-10(16)9-17-12-7-5-4-6-11(12)14/h4-7,10,15-16H,8-9H2,1-3H3/t10-/m0/s1. The second kappa shape index (κ2) is 6.56. The molecule has 0 aliphatic heterocycles. The van der Waals surface area contributed by atoms with Crippen LogP contribution in [0.25, 0.3) is 0 Å². The van der Waals surface area contributed by atoms with Crippen LogP contribution in [0, 0.1) is 3.57 Å². The lowest BCUT2D eigenvalue weighted by atomic mass is 10.1. The summed E-state index contributed by atoms with van der Waals surface area (Å²) < 4.78 is 6.62. The number of β-amino-alcohol motifs (C(OH)–C–C–N with tert-alkyl or cyclic N) is 1. The SMILES string of the molecule is CC(C)(C)NC[C@H](O)COc1ccccc1I. The molecule has 2 N–H and O–H groups in total. The molecule has 4 heteroatoms. The van der Waals surface area contributed by atoms with Gasteiger partial charge in [0.15, 0.2) is 0 Å². The zero-order chi connectivity index (χ0) is 12.9. The summed E-state index contributed by atoms with van der Waals surface area (Å²) in [5, 5.41) is 13.0. The molecule has 0 aliphatic rings. The Morgan fingerprint density at radius 1 is 1.35 bits per heavy atom. The lowest BCUT2D eigenvalue weighted by Crippen LogP contribution is -2.42. The maximum absolute atomic E-state index is 9.77. The number of para-hydroxylation sites is 1. The van der Waals surface area contributed by atoms with Crippen LogP contribution in [0.2, 0.25) is 0 Å². The van der Waals surface area contributed by atoms with Gasteiger partial charge in [-0.05, 0) is 55.5 Å². The topological polar surface area (TPSA) is 41.5 Å². The summed E-state index contributed by atoms with van der Waals surface area (Å²) in [5.41, 5.74) is 0.0160. The van der Waals surface area contributed by atoms with Crippen molar-refractivity contribution >= 4 is 22.6 Å². The first-order valence-corrected chi connectivity index (χ1v) is 6.77. The highest BCUT2D eigenvalue weighted by molar-refractivity contribution is 14.1. The van der Waals surface area contributed by atoms with E-state index in [1.807, 2.05) is 24.3 Å². The quantitative estimate of drug-likeness (QED) is 0.803. The molecular weight excluding hydrogens is 329 g/mol. The molecule has 1 atom stereocenters. The Kier molecular flexibility index (Phi) is 5.69. The van der Waals surface area contributed by atoms with Gasteiger partial charge in [0.1, 0.15) is 18.5 Å². The maximum Gasteiger partial charge on any atom is 0.132 e. The average molecular weight is 349 g/mol. The highest BCUT2D eigenvalue weighted by Gasteiger charge is 2.12. The Hall–Kier alpha value is -0.330. The van der Waals surface area contributed by atoms with Crippen molar-refractivity contribution in [3.05, 3.63) is 27.8 Å². The number of rotatable bonds is 5. The average Bonchev–Trinajstić information content (AvgIpc) is 2.24. The van der Waals surface area contributed by atoms with Gasteiger partial charge in [-0.15, -0.1) is 0 Å². The van der Waals surface area contributed by atoms with Gasteiger partial charge in [0.25, 0.3) is 0 Å². The van der Waals surface area contributed by atoms with Gasteiger partial charge >= 0.3 is 0 Å². The van der Waals surface area contributed by atoms with Crippen molar-refractivity contribution < 1.29 is 9.84 Å². The fourth-order valence-electron chi connectivity index (χ4n) is 1.23. The molecule has 0 saturated carbocycles. The Morgan fingerprint density at radius 2 is 2.00 bits per heavy atom. The number of aliphatic hydroxyl groups excluding tert-OH is 1. The number of ether oxygens (including phenoxy) is 1. The van der Waals surface area contributed by atoms with E-state index in [4.69, 9.17) is 4.74 Å². The third kappa shape index (κ3) is 6.24. The largest absolute Gasteiger partial charge is 0.490 e. The molecule has 96 valence electrons. The predicted molar refractivity (Wildman–Crippen MR) is 78.4 cm³/mol. The van der Waals surface area contributed by atoms with Crippen LogP contribution < -0.4 is 10.1 Å². The fourth-order valence-corrected chi connectivity index (χ4v) is 1.77. The molecule has 0 unspecified atom stereocenters. The van der Waals surface area contributed by atoms with Gasteiger partial charge in [0, 0.05) is 12.1 Å². The highest BCUT2D eigenvalue weighted by Crippen LogP contribution is 2.19. The first-order valence-electron chi connectivity index (χ1n) is 5.69. The number of aliphatic hydroxyl groups is 1. The van der Waals surface area contributed by atoms with Crippen LogP contribution in [0.4, 0.5) is 0 Å². The number of hydrogen-bond acceptors (Lipinski definition) is 3. The molecule has 0 heterocycles. The van der Waals surface area contributed by atoms with Gasteiger partial charge in [0.2, 0.25) is 0 Å². The second-order valence-electron chi connectivity index (χ2n) is 5.03. The van der Waals surface area contributed by atoms with E-state index in [0.29, 0.717) is 13.2 Å². The molecule has 0 bridgehead atoms. The summed E-state index contributed by atoms with van der Waals surface area (Å²) in [5.74, 6) is 0.822. The van der Waals surface area contributed by atoms with Crippen LogP contribution >= 0.6 is 22.6 Å². The first kappa shape index (κ1) is 14.7. The van der Waals surface area contributed by atoms with Gasteiger partial charge in [-0.1, -0.05) is 12.1 Å². The molecule has 0 spiro atoms. The van der Waals surface area contributed by atoms with Gasteiger partial charge in [0.05, 0.1) is 3.57 Å². The van der Waals surface area contributed by atoms with Crippen LogP contribution in [-0.2, 0) is 0 Å². The van der Waals surface area contributed by atoms with E-state index in [2.05, 4.69) is 48.7 Å². The van der Waals surface area contributed by atoms with Crippen LogP contribution in [0.15, 0.2) is 24.3 Å². The smallest absolute Gasteiger partial charge is 0.132 e. The van der Waals surface area contributed by atoms with Gasteiger partial charge in [-0.25, -0.2) is 0 Å². The van der Waals surface area contributed by atoms with Crippen LogP contribution in [0.1, 0.15) is 20.8 Å². The summed E-state index contributed by atoms with van der Waals surface area (Å²) in [6.07, 6.45) is -0.495. The third-order valence-electron chi connectivity index (χ3n) is 2.14. The molecule has 3 nitrogen and oxygen atoms in total. The van der Waals surface area contributed by atoms with E-state index in [-0.39, 0.29) is 5.54 Å². The Morgan fingerprint density at radius 3 is 2.59 bits per heavy atom. The molecule has 17 heavy (non-hydrogen) atoms. The highest BCUT2D eigenvalue weighted by atomic mass is 127. The van der Waals surface area contributed by atoms with E-state index in [9.17, 15) is 5.11 Å². The van der Waals surface area contributed by atoms with Crippen molar-refractivity contribution in [1.82, 2.24) is 5.32 Å². The zero-order valence-corrected chi connectivity index (χ0v) is 12.7. The summed E-state index contributed by atoms with van der Waals surface area (Å²) in [6, 6.07) is 7.78. The number of benzene rings is 1. The van der Waals surface area contributed by atoms with Gasteiger partial charge < -0.3 is 15.2 Å². The molecule has 1 aromatic rings. The van der Waals surface area contributed by atoms with Crippen LogP contribution in [0.3, 0.4) is 0 Å². The van der Waals surface area contributed by atoms with Crippen molar-refractivity contribution in [3.8, 4) is 5.75 Å². The first-order chi connectivity index (χ1) is 7.88. The van der Waals surface area contributed by atoms with Gasteiger partial charge in [-0.2, -0.15) is 0 Å². The monoisotopic (exact) mass is 349 g/mol. The Labute approximate surface area is 117 Å². The molecular formula is C13H20INO2. The van der Waals surface area contributed by atoms with Crippen LogP contribution in [0.5, 0.6) is 5.75 Å². The second-order valence-corrected chi connectivity index (χ2v) is 6.19. The zero-order valence-electron chi connectivity index (χ0n) is 10.5. The van der Waals surface area contributed by atoms with Crippen molar-refractivity contribution in [2.45, 2.75) is 32.4 Å². The minimum absolute atomic E-state index is 0.0160. The molecule has 1 aromatic carbocycles. The normalized spacial score (nSPS) is 13.5. The van der Waals surface area contributed by atoms with E-state index in [0.717, 1.165) is 9.32 Å². The van der Waals surface area contributed by atoms with Crippen molar-refractivity contribution in [2.24, 2.45) is 0 Å². The number of halogens is 1. The molecule has 0 aliphatic carbocycles. The molecule has 0 amide bonds. The molecule has 0 aromatic heterocycles. The van der Waals surface area contributed by atoms with Gasteiger partial charge in [-0.3, -0.25) is 0 Å². The summed E-state index contributed by atoms with van der Waals surface area (Å²) in [6.45, 7) is 7.05. The number of nitrogens with one attached hydrogen (secondary N) is 1. The van der Waals surface area contributed by atoms with Crippen LogP contribution in [-0.4, -0.2) is 29.9 Å². The minimum Gasteiger partial charge on any atom is -0.490 e. The molecule has 1 rings (SSSR count). The summed E-state index contributed by atoms with van der Waals surface area (Å²) in [4.78, 5) is 0. The molecule has 0 saturated heterocycles. The fraction of sp³-hybridized carbons (Fsp3) is 0.538. The van der Waals surface area contributed by atoms with Crippen molar-refractivity contribution in [2.75, 3.05) is 13.2 Å².